The molecule has 7 heteroatoms. The first-order valence-corrected chi connectivity index (χ1v) is 7.63. The smallest absolute Gasteiger partial charge is 0.392 e. The van der Waals surface area contributed by atoms with Gasteiger partial charge in [0, 0.05) is 22.9 Å². The van der Waals surface area contributed by atoms with Gasteiger partial charge in [0.05, 0.1) is 19.1 Å². The number of nitrogens with two attached hydrogens (primary N) is 1. The van der Waals surface area contributed by atoms with Crippen molar-refractivity contribution in [1.29, 1.82) is 0 Å². The Labute approximate surface area is 137 Å². The Bertz CT molecular complexity index is 626. The van der Waals surface area contributed by atoms with E-state index in [1.54, 1.807) is 24.3 Å². The lowest BCUT2D eigenvalue weighted by molar-refractivity contribution is -0.174. The van der Waals surface area contributed by atoms with Crippen molar-refractivity contribution in [2.45, 2.75) is 32.0 Å². The Kier molecular flexibility index (Phi) is 5.70. The van der Waals surface area contributed by atoms with Crippen LogP contribution in [0.25, 0.3) is 0 Å². The number of aliphatic imine (C=N–C) groups is 1. The van der Waals surface area contributed by atoms with E-state index in [4.69, 9.17) is 17.3 Å². The number of benzene rings is 1. The van der Waals surface area contributed by atoms with Crippen LogP contribution in [-0.4, -0.2) is 23.6 Å². The molecule has 1 aromatic carbocycles. The highest BCUT2D eigenvalue weighted by Gasteiger charge is 2.42. The van der Waals surface area contributed by atoms with Crippen molar-refractivity contribution in [1.82, 2.24) is 0 Å². The normalized spacial score (nSPS) is 23.2. The first-order chi connectivity index (χ1) is 10.8. The maximum Gasteiger partial charge on any atom is 0.392 e. The maximum atomic E-state index is 13.0. The van der Waals surface area contributed by atoms with Gasteiger partial charge in [-0.2, -0.15) is 13.2 Å². The zero-order valence-electron chi connectivity index (χ0n) is 12.4. The Hall–Kier alpha value is -1.53. The summed E-state index contributed by atoms with van der Waals surface area (Å²) in [5, 5.41) is 9.69. The van der Waals surface area contributed by atoms with Crippen LogP contribution in [0.2, 0.25) is 5.02 Å². The molecule has 1 unspecified atom stereocenters. The van der Waals surface area contributed by atoms with Crippen LogP contribution in [0.1, 0.15) is 24.8 Å². The van der Waals surface area contributed by atoms with Gasteiger partial charge in [-0.15, -0.1) is 0 Å². The predicted octanol–water partition coefficient (Wildman–Crippen LogP) is 3.85. The predicted molar refractivity (Wildman–Crippen MR) is 84.3 cm³/mol. The zero-order chi connectivity index (χ0) is 17.0. The largest absolute Gasteiger partial charge is 0.400 e. The molecule has 23 heavy (non-hydrogen) atoms. The summed E-state index contributed by atoms with van der Waals surface area (Å²) in [5.41, 5.74) is 7.49. The summed E-state index contributed by atoms with van der Waals surface area (Å²) >= 11 is 6.04. The van der Waals surface area contributed by atoms with Crippen molar-refractivity contribution in [3.8, 4) is 0 Å². The van der Waals surface area contributed by atoms with Gasteiger partial charge in [0.1, 0.15) is 0 Å². The minimum atomic E-state index is -4.26. The molecule has 1 fully saturated rings. The van der Waals surface area contributed by atoms with Crippen molar-refractivity contribution < 1.29 is 18.3 Å². The molecule has 0 amide bonds. The number of rotatable bonds is 3. The lowest BCUT2D eigenvalue weighted by Crippen LogP contribution is -2.31. The van der Waals surface area contributed by atoms with Gasteiger partial charge in [0.25, 0.3) is 0 Å². The molecule has 3 N–H and O–H groups in total. The summed E-state index contributed by atoms with van der Waals surface area (Å²) in [5.74, 6) is -1.43. The maximum absolute atomic E-state index is 13.0. The number of halogens is 4. The van der Waals surface area contributed by atoms with Gasteiger partial charge in [0.2, 0.25) is 0 Å². The molecule has 0 saturated heterocycles. The highest BCUT2D eigenvalue weighted by molar-refractivity contribution is 6.31. The molecule has 3 nitrogen and oxygen atoms in total. The minimum Gasteiger partial charge on any atom is -0.400 e. The first-order valence-electron chi connectivity index (χ1n) is 7.25. The molecular formula is C16H18ClF3N2O. The summed E-state index contributed by atoms with van der Waals surface area (Å²) < 4.78 is 38.9. The summed E-state index contributed by atoms with van der Waals surface area (Å²) in [6, 6.07) is 7.04. The molecule has 1 aliphatic carbocycles. The van der Waals surface area contributed by atoms with E-state index in [1.165, 1.54) is 0 Å². The Morgan fingerprint density at radius 3 is 2.65 bits per heavy atom. The third-order valence-corrected chi connectivity index (χ3v) is 4.32. The van der Waals surface area contributed by atoms with Crippen LogP contribution >= 0.6 is 11.6 Å². The molecule has 0 aliphatic heterocycles. The molecule has 1 aromatic rings. The van der Waals surface area contributed by atoms with Crippen molar-refractivity contribution in [3.63, 3.8) is 0 Å². The number of allylic oxidation sites excluding steroid dienone is 1. The number of alkyl halides is 3. The number of aliphatic hydroxyl groups is 1. The van der Waals surface area contributed by atoms with E-state index < -0.39 is 18.7 Å². The van der Waals surface area contributed by atoms with E-state index in [-0.39, 0.29) is 31.5 Å². The Morgan fingerprint density at radius 1 is 1.35 bits per heavy atom. The second-order valence-corrected chi connectivity index (χ2v) is 5.90. The van der Waals surface area contributed by atoms with E-state index in [0.29, 0.717) is 16.3 Å². The monoisotopic (exact) mass is 346 g/mol. The molecular weight excluding hydrogens is 329 g/mol. The Morgan fingerprint density at radius 2 is 2.04 bits per heavy atom. The zero-order valence-corrected chi connectivity index (χ0v) is 13.2. The summed E-state index contributed by atoms with van der Waals surface area (Å²) in [7, 11) is 0. The molecule has 1 atom stereocenters. The van der Waals surface area contributed by atoms with E-state index in [9.17, 15) is 18.3 Å². The van der Waals surface area contributed by atoms with Gasteiger partial charge in [-0.1, -0.05) is 29.8 Å². The summed E-state index contributed by atoms with van der Waals surface area (Å²) in [6.07, 6.45) is -4.35. The van der Waals surface area contributed by atoms with Crippen LogP contribution in [0.5, 0.6) is 0 Å². The molecule has 0 bridgehead atoms. The second-order valence-electron chi connectivity index (χ2n) is 5.50. The van der Waals surface area contributed by atoms with Gasteiger partial charge >= 0.3 is 6.18 Å². The lowest BCUT2D eigenvalue weighted by atomic mass is 9.83. The van der Waals surface area contributed by atoms with Gasteiger partial charge < -0.3 is 10.8 Å². The van der Waals surface area contributed by atoms with Gasteiger partial charge in [-0.3, -0.25) is 4.99 Å². The molecule has 0 radical (unpaired) electrons. The van der Waals surface area contributed by atoms with Crippen molar-refractivity contribution in [3.05, 3.63) is 46.1 Å². The molecule has 126 valence electrons. The van der Waals surface area contributed by atoms with Crippen LogP contribution in [0.15, 0.2) is 40.5 Å². The molecule has 0 aromatic heterocycles. The summed E-state index contributed by atoms with van der Waals surface area (Å²) in [4.78, 5) is 4.31. The number of hydrogen-bond donors (Lipinski definition) is 2. The SMILES string of the molecule is N/C(CO)=C1/CCC(C(F)(F)F)CC1=NCc1ccccc1Cl. The number of nitrogens with zero attached hydrogens (tertiary/aromatic N) is 1. The van der Waals surface area contributed by atoms with E-state index in [0.717, 1.165) is 5.56 Å². The average Bonchev–Trinajstić information content (AvgIpc) is 2.52. The average molecular weight is 347 g/mol. The third-order valence-electron chi connectivity index (χ3n) is 3.95. The first kappa shape index (κ1) is 17.8. The van der Waals surface area contributed by atoms with Gasteiger partial charge in [-0.05, 0) is 30.0 Å². The number of hydrogen-bond acceptors (Lipinski definition) is 3. The Balaban J connectivity index is 2.28. The van der Waals surface area contributed by atoms with Crippen molar-refractivity contribution in [2.24, 2.45) is 16.6 Å². The van der Waals surface area contributed by atoms with Crippen LogP contribution in [-0.2, 0) is 6.54 Å². The van der Waals surface area contributed by atoms with Crippen LogP contribution in [0, 0.1) is 5.92 Å². The van der Waals surface area contributed by atoms with Gasteiger partial charge in [-0.25, -0.2) is 0 Å². The fourth-order valence-electron chi connectivity index (χ4n) is 2.61. The quantitative estimate of drug-likeness (QED) is 0.873. The topological polar surface area (TPSA) is 58.6 Å². The highest BCUT2D eigenvalue weighted by atomic mass is 35.5. The van der Waals surface area contributed by atoms with E-state index in [2.05, 4.69) is 4.99 Å². The fraction of sp³-hybridized carbons (Fsp3) is 0.438. The standard InChI is InChI=1S/C16H18ClF3N2O/c17-13-4-2-1-3-10(13)8-22-15-7-11(16(18,19)20)5-6-12(15)14(21)9-23/h1-4,11,23H,5-9,21H2/b14-12-,22-15?. The van der Waals surface area contributed by atoms with Gasteiger partial charge in [0.15, 0.2) is 0 Å². The van der Waals surface area contributed by atoms with Crippen LogP contribution < -0.4 is 5.73 Å². The molecule has 1 saturated carbocycles. The summed E-state index contributed by atoms with van der Waals surface area (Å²) in [6.45, 7) is -0.209. The molecule has 0 spiro atoms. The highest BCUT2D eigenvalue weighted by Crippen LogP contribution is 2.38. The van der Waals surface area contributed by atoms with Crippen molar-refractivity contribution >= 4 is 17.3 Å². The van der Waals surface area contributed by atoms with E-state index in [1.807, 2.05) is 0 Å². The molecule has 2 rings (SSSR count). The van der Waals surface area contributed by atoms with Crippen molar-refractivity contribution in [2.75, 3.05) is 6.61 Å². The second kappa shape index (κ2) is 7.36. The van der Waals surface area contributed by atoms with Crippen LogP contribution in [0.4, 0.5) is 13.2 Å². The molecule has 1 aliphatic rings. The van der Waals surface area contributed by atoms with Crippen LogP contribution in [0.3, 0.4) is 0 Å². The third kappa shape index (κ3) is 4.48. The minimum absolute atomic E-state index is 0.0371. The fourth-order valence-corrected chi connectivity index (χ4v) is 2.80. The van der Waals surface area contributed by atoms with E-state index >= 15 is 0 Å². The number of aliphatic hydroxyl groups excluding tert-OH is 1. The lowest BCUT2D eigenvalue weighted by Gasteiger charge is -2.28. The molecule has 0 heterocycles.